The molecule has 0 bridgehead atoms. The minimum absolute atomic E-state index is 0.660. The van der Waals surface area contributed by atoms with E-state index in [0.717, 1.165) is 43.2 Å². The first kappa shape index (κ1) is 14.3. The number of piperidine rings is 1. The summed E-state index contributed by atoms with van der Waals surface area (Å²) >= 11 is 0. The maximum Gasteiger partial charge on any atom is 0.167 e. The average molecular weight is 285 g/mol. The van der Waals surface area contributed by atoms with E-state index in [1.165, 1.54) is 12.8 Å². The Hall–Kier alpha value is -1.65. The van der Waals surface area contributed by atoms with E-state index in [1.807, 2.05) is 18.2 Å². The van der Waals surface area contributed by atoms with E-state index in [9.17, 15) is 0 Å². The minimum atomic E-state index is 0.660. The SMILES string of the molecule is CCN(Cc1cc(-c2ccccc2)on1)C1CCNCC1. The van der Waals surface area contributed by atoms with E-state index >= 15 is 0 Å². The third kappa shape index (κ3) is 3.52. The molecule has 1 saturated heterocycles. The Morgan fingerprint density at radius 1 is 1.24 bits per heavy atom. The lowest BCUT2D eigenvalue weighted by Crippen LogP contribution is -2.42. The normalized spacial score (nSPS) is 16.5. The largest absolute Gasteiger partial charge is 0.356 e. The van der Waals surface area contributed by atoms with Crippen molar-refractivity contribution in [3.05, 3.63) is 42.1 Å². The summed E-state index contributed by atoms with van der Waals surface area (Å²) in [4.78, 5) is 2.51. The quantitative estimate of drug-likeness (QED) is 0.917. The molecule has 0 radical (unpaired) electrons. The van der Waals surface area contributed by atoms with Crippen molar-refractivity contribution in [1.29, 1.82) is 0 Å². The maximum absolute atomic E-state index is 5.49. The summed E-state index contributed by atoms with van der Waals surface area (Å²) in [6.45, 7) is 6.39. The highest BCUT2D eigenvalue weighted by Crippen LogP contribution is 2.21. The second-order valence-corrected chi connectivity index (χ2v) is 5.59. The average Bonchev–Trinajstić information content (AvgIpc) is 3.03. The van der Waals surface area contributed by atoms with Crippen LogP contribution in [0.25, 0.3) is 11.3 Å². The molecule has 0 spiro atoms. The zero-order valence-electron chi connectivity index (χ0n) is 12.6. The van der Waals surface area contributed by atoms with Crippen LogP contribution in [-0.4, -0.2) is 35.7 Å². The first-order valence-electron chi connectivity index (χ1n) is 7.82. The Labute approximate surface area is 126 Å². The molecular formula is C17H23N3O. The molecule has 0 saturated carbocycles. The Bertz CT molecular complexity index is 546. The molecule has 2 heterocycles. The number of hydrogen-bond donors (Lipinski definition) is 1. The van der Waals surface area contributed by atoms with E-state index < -0.39 is 0 Å². The van der Waals surface area contributed by atoms with Crippen LogP contribution in [0.1, 0.15) is 25.5 Å². The van der Waals surface area contributed by atoms with Gasteiger partial charge in [-0.3, -0.25) is 4.90 Å². The topological polar surface area (TPSA) is 41.3 Å². The van der Waals surface area contributed by atoms with Crippen LogP contribution in [-0.2, 0) is 6.54 Å². The van der Waals surface area contributed by atoms with Crippen LogP contribution in [0.5, 0.6) is 0 Å². The summed E-state index contributed by atoms with van der Waals surface area (Å²) < 4.78 is 5.49. The van der Waals surface area contributed by atoms with E-state index in [1.54, 1.807) is 0 Å². The zero-order chi connectivity index (χ0) is 14.5. The van der Waals surface area contributed by atoms with E-state index in [4.69, 9.17) is 4.52 Å². The summed E-state index contributed by atoms with van der Waals surface area (Å²) in [5.41, 5.74) is 2.11. The molecule has 1 aliphatic heterocycles. The lowest BCUT2D eigenvalue weighted by molar-refractivity contribution is 0.158. The third-order valence-electron chi connectivity index (χ3n) is 4.21. The molecule has 0 atom stereocenters. The second-order valence-electron chi connectivity index (χ2n) is 5.59. The van der Waals surface area contributed by atoms with Crippen molar-refractivity contribution in [2.24, 2.45) is 0 Å². The highest BCUT2D eigenvalue weighted by atomic mass is 16.5. The highest BCUT2D eigenvalue weighted by Gasteiger charge is 2.21. The van der Waals surface area contributed by atoms with Crippen molar-refractivity contribution in [3.63, 3.8) is 0 Å². The van der Waals surface area contributed by atoms with Crippen molar-refractivity contribution in [2.45, 2.75) is 32.4 Å². The van der Waals surface area contributed by atoms with Crippen molar-refractivity contribution in [2.75, 3.05) is 19.6 Å². The molecule has 1 fully saturated rings. The van der Waals surface area contributed by atoms with E-state index in [2.05, 4.69) is 40.5 Å². The summed E-state index contributed by atoms with van der Waals surface area (Å²) in [6.07, 6.45) is 2.44. The molecule has 1 aliphatic rings. The summed E-state index contributed by atoms with van der Waals surface area (Å²) in [7, 11) is 0. The molecule has 1 aromatic heterocycles. The fourth-order valence-electron chi connectivity index (χ4n) is 3.00. The molecule has 4 nitrogen and oxygen atoms in total. The smallest absolute Gasteiger partial charge is 0.167 e. The van der Waals surface area contributed by atoms with E-state index in [0.29, 0.717) is 6.04 Å². The lowest BCUT2D eigenvalue weighted by Gasteiger charge is -2.33. The van der Waals surface area contributed by atoms with Gasteiger partial charge in [-0.25, -0.2) is 0 Å². The van der Waals surface area contributed by atoms with Gasteiger partial charge in [0.2, 0.25) is 0 Å². The van der Waals surface area contributed by atoms with Crippen molar-refractivity contribution in [1.82, 2.24) is 15.4 Å². The van der Waals surface area contributed by atoms with Gasteiger partial charge in [-0.15, -0.1) is 0 Å². The van der Waals surface area contributed by atoms with Gasteiger partial charge >= 0.3 is 0 Å². The molecule has 21 heavy (non-hydrogen) atoms. The van der Waals surface area contributed by atoms with Gasteiger partial charge < -0.3 is 9.84 Å². The minimum Gasteiger partial charge on any atom is -0.356 e. The number of aromatic nitrogens is 1. The molecule has 0 unspecified atom stereocenters. The van der Waals surface area contributed by atoms with Gasteiger partial charge in [0.05, 0.1) is 5.69 Å². The molecule has 0 amide bonds. The number of nitrogens with zero attached hydrogens (tertiary/aromatic N) is 2. The molecule has 112 valence electrons. The zero-order valence-corrected chi connectivity index (χ0v) is 12.6. The molecule has 4 heteroatoms. The third-order valence-corrected chi connectivity index (χ3v) is 4.21. The molecule has 1 N–H and O–H groups in total. The predicted octanol–water partition coefficient (Wildman–Crippen LogP) is 2.92. The van der Waals surface area contributed by atoms with Gasteiger partial charge in [-0.05, 0) is 32.5 Å². The predicted molar refractivity (Wildman–Crippen MR) is 83.9 cm³/mol. The van der Waals surface area contributed by atoms with Gasteiger partial charge in [-0.2, -0.15) is 0 Å². The highest BCUT2D eigenvalue weighted by molar-refractivity contribution is 5.56. The summed E-state index contributed by atoms with van der Waals surface area (Å²) in [5.74, 6) is 0.854. The Morgan fingerprint density at radius 3 is 2.71 bits per heavy atom. The van der Waals surface area contributed by atoms with Crippen LogP contribution in [0.3, 0.4) is 0 Å². The number of nitrogens with one attached hydrogen (secondary N) is 1. The monoisotopic (exact) mass is 285 g/mol. The maximum atomic E-state index is 5.49. The Morgan fingerprint density at radius 2 is 2.00 bits per heavy atom. The van der Waals surface area contributed by atoms with Gasteiger partial charge in [0.1, 0.15) is 0 Å². The standard InChI is InChI=1S/C17H23N3O/c1-2-20(16-8-10-18-11-9-16)13-15-12-17(21-19-15)14-6-4-3-5-7-14/h3-7,12,16,18H,2,8-11,13H2,1H3. The van der Waals surface area contributed by atoms with E-state index in [-0.39, 0.29) is 0 Å². The van der Waals surface area contributed by atoms with Gasteiger partial charge in [0.25, 0.3) is 0 Å². The van der Waals surface area contributed by atoms with Crippen molar-refractivity contribution in [3.8, 4) is 11.3 Å². The van der Waals surface area contributed by atoms with Crippen LogP contribution in [0, 0.1) is 0 Å². The molecule has 1 aromatic carbocycles. The Kier molecular flexibility index (Phi) is 4.68. The van der Waals surface area contributed by atoms with Crippen LogP contribution in [0.15, 0.2) is 40.9 Å². The number of benzene rings is 1. The second kappa shape index (κ2) is 6.87. The number of rotatable bonds is 5. The first-order valence-corrected chi connectivity index (χ1v) is 7.82. The van der Waals surface area contributed by atoms with Crippen LogP contribution in [0.2, 0.25) is 0 Å². The van der Waals surface area contributed by atoms with Crippen LogP contribution in [0.4, 0.5) is 0 Å². The van der Waals surface area contributed by atoms with Crippen molar-refractivity contribution < 1.29 is 4.52 Å². The van der Waals surface area contributed by atoms with Crippen LogP contribution >= 0.6 is 0 Å². The number of hydrogen-bond acceptors (Lipinski definition) is 4. The molecule has 3 rings (SSSR count). The van der Waals surface area contributed by atoms with Gasteiger partial charge in [0, 0.05) is 24.2 Å². The molecule has 2 aromatic rings. The van der Waals surface area contributed by atoms with Gasteiger partial charge in [0.15, 0.2) is 5.76 Å². The van der Waals surface area contributed by atoms with Crippen molar-refractivity contribution >= 4 is 0 Å². The fourth-order valence-corrected chi connectivity index (χ4v) is 3.00. The summed E-state index contributed by atoms with van der Waals surface area (Å²) in [5, 5.41) is 7.67. The van der Waals surface area contributed by atoms with Gasteiger partial charge in [-0.1, -0.05) is 42.4 Å². The fraction of sp³-hybridized carbons (Fsp3) is 0.471. The lowest BCUT2D eigenvalue weighted by atomic mass is 10.0. The van der Waals surface area contributed by atoms with Crippen LogP contribution < -0.4 is 5.32 Å². The molecular weight excluding hydrogens is 262 g/mol. The Balaban J connectivity index is 1.68. The first-order chi connectivity index (χ1) is 10.4. The molecule has 0 aliphatic carbocycles. The summed E-state index contributed by atoms with van der Waals surface area (Å²) in [6, 6.07) is 12.9.